The van der Waals surface area contributed by atoms with E-state index in [1.54, 1.807) is 18.2 Å². The van der Waals surface area contributed by atoms with Gasteiger partial charge in [0.05, 0.1) is 18.2 Å². The summed E-state index contributed by atoms with van der Waals surface area (Å²) >= 11 is 6.03. The van der Waals surface area contributed by atoms with Gasteiger partial charge in [0.15, 0.2) is 17.7 Å². The quantitative estimate of drug-likeness (QED) is 0.604. The zero-order chi connectivity index (χ0) is 20.4. The van der Waals surface area contributed by atoms with Gasteiger partial charge in [-0.15, -0.1) is 0 Å². The Hall–Kier alpha value is -3.02. The first-order chi connectivity index (χ1) is 14.1. The number of methoxy groups -OCH3 is 1. The van der Waals surface area contributed by atoms with Crippen molar-refractivity contribution < 1.29 is 19.6 Å². The van der Waals surface area contributed by atoms with Crippen LogP contribution in [-0.2, 0) is 0 Å². The number of ether oxygens (including phenoxy) is 1. The summed E-state index contributed by atoms with van der Waals surface area (Å²) < 4.78 is 19.8. The van der Waals surface area contributed by atoms with Gasteiger partial charge >= 0.3 is 0 Å². The summed E-state index contributed by atoms with van der Waals surface area (Å²) in [5.74, 6) is 0.197. The lowest BCUT2D eigenvalue weighted by Gasteiger charge is -2.30. The van der Waals surface area contributed by atoms with Gasteiger partial charge in [-0.25, -0.2) is 4.39 Å². The van der Waals surface area contributed by atoms with Crippen LogP contribution in [0.3, 0.4) is 0 Å². The lowest BCUT2D eigenvalue weighted by Crippen LogP contribution is -2.90. The molecule has 3 aromatic rings. The fraction of sp³-hybridized carbons (Fsp3) is 0.130. The van der Waals surface area contributed by atoms with E-state index in [0.717, 1.165) is 11.3 Å². The van der Waals surface area contributed by atoms with Crippen molar-refractivity contribution in [1.29, 1.82) is 0 Å². The minimum absolute atomic E-state index is 0.0807. The Morgan fingerprint density at radius 3 is 2.45 bits per heavy atom. The molecule has 4 rings (SSSR count). The molecule has 6 heteroatoms. The van der Waals surface area contributed by atoms with Crippen molar-refractivity contribution in [3.05, 3.63) is 100 Å². The summed E-state index contributed by atoms with van der Waals surface area (Å²) in [6.45, 7) is 0. The van der Waals surface area contributed by atoms with Gasteiger partial charge in [0, 0.05) is 16.8 Å². The Labute approximate surface area is 173 Å². The van der Waals surface area contributed by atoms with E-state index in [1.807, 2.05) is 53.9 Å². The fourth-order valence-electron chi connectivity index (χ4n) is 3.59. The number of aromatic hydroxyl groups is 1. The van der Waals surface area contributed by atoms with Gasteiger partial charge in [0.2, 0.25) is 0 Å². The van der Waals surface area contributed by atoms with E-state index in [2.05, 4.69) is 5.32 Å². The monoisotopic (exact) mass is 411 g/mol. The molecule has 0 aromatic heterocycles. The molecule has 3 aromatic carbocycles. The number of phenols is 1. The van der Waals surface area contributed by atoms with E-state index in [1.165, 1.54) is 13.2 Å². The minimum atomic E-state index is -0.373. The van der Waals surface area contributed by atoms with E-state index in [-0.39, 0.29) is 23.8 Å². The molecule has 1 aliphatic heterocycles. The number of hydrogen-bond acceptors (Lipinski definition) is 3. The van der Waals surface area contributed by atoms with Crippen molar-refractivity contribution in [2.75, 3.05) is 7.11 Å². The highest BCUT2D eigenvalue weighted by molar-refractivity contribution is 6.30. The lowest BCUT2D eigenvalue weighted by atomic mass is 9.97. The molecule has 0 spiro atoms. The molecule has 29 heavy (non-hydrogen) atoms. The molecule has 2 atom stereocenters. The molecule has 148 valence electrons. The molecule has 0 amide bonds. The van der Waals surface area contributed by atoms with Crippen LogP contribution in [0.4, 0.5) is 4.39 Å². The Bertz CT molecular complexity index is 1050. The first-order valence-corrected chi connectivity index (χ1v) is 9.64. The second-order valence-corrected chi connectivity index (χ2v) is 7.28. The van der Waals surface area contributed by atoms with E-state index >= 15 is 0 Å². The average Bonchev–Trinajstić information content (AvgIpc) is 2.74. The molecule has 4 nitrogen and oxygen atoms in total. The largest absolute Gasteiger partial charge is 0.504 e. The second-order valence-electron chi connectivity index (χ2n) is 6.85. The highest BCUT2D eigenvalue weighted by Gasteiger charge is 2.31. The van der Waals surface area contributed by atoms with Gasteiger partial charge in [-0.1, -0.05) is 41.9 Å². The normalized spacial score (nSPS) is 18.7. The zero-order valence-corrected chi connectivity index (χ0v) is 16.5. The van der Waals surface area contributed by atoms with E-state index < -0.39 is 0 Å². The van der Waals surface area contributed by atoms with Crippen LogP contribution in [0.5, 0.6) is 11.5 Å². The smallest absolute Gasteiger partial charge is 0.189 e. The predicted octanol–water partition coefficient (Wildman–Crippen LogP) is 4.14. The first-order valence-electron chi connectivity index (χ1n) is 9.26. The summed E-state index contributed by atoms with van der Waals surface area (Å²) in [6.07, 6.45) is 1.64. The van der Waals surface area contributed by atoms with E-state index in [4.69, 9.17) is 16.3 Å². The van der Waals surface area contributed by atoms with Gasteiger partial charge in [0.1, 0.15) is 11.9 Å². The maximum absolute atomic E-state index is 14.5. The lowest BCUT2D eigenvalue weighted by molar-refractivity contribution is -0.731. The molecule has 4 N–H and O–H groups in total. The Kier molecular flexibility index (Phi) is 5.43. The van der Waals surface area contributed by atoms with Gasteiger partial charge < -0.3 is 20.5 Å². The SMILES string of the molecule is COc1cccc(C2C=C(c3ccc(Cl)cc3)NC(c3ccccc3F)[NH2+]2)c1O. The molecule has 0 aliphatic carbocycles. The zero-order valence-electron chi connectivity index (χ0n) is 15.8. The van der Waals surface area contributed by atoms with Crippen LogP contribution < -0.4 is 15.4 Å². The Morgan fingerprint density at radius 2 is 1.72 bits per heavy atom. The second kappa shape index (κ2) is 8.15. The summed E-state index contributed by atoms with van der Waals surface area (Å²) in [5, 5.41) is 16.7. The van der Waals surface area contributed by atoms with Gasteiger partial charge in [-0.2, -0.15) is 0 Å². The molecular formula is C23H21ClFN2O2+. The van der Waals surface area contributed by atoms with Crippen LogP contribution in [0.2, 0.25) is 5.02 Å². The molecule has 0 radical (unpaired) electrons. The standard InChI is InChI=1S/C23H20ClFN2O2/c1-29-21-8-4-6-17(22(21)28)20-13-19(14-9-11-15(24)12-10-14)26-23(27-20)16-5-2-3-7-18(16)25/h2-13,20,23,26-28H,1H3/p+1. The average molecular weight is 412 g/mol. The molecule has 0 fully saturated rings. The number of nitrogens with one attached hydrogen (secondary N) is 1. The van der Waals surface area contributed by atoms with Crippen molar-refractivity contribution >= 4 is 17.3 Å². The van der Waals surface area contributed by atoms with Crippen molar-refractivity contribution in [3.63, 3.8) is 0 Å². The first kappa shape index (κ1) is 19.3. The third-order valence-electron chi connectivity index (χ3n) is 5.06. The third kappa shape index (κ3) is 3.92. The molecule has 0 saturated heterocycles. The highest BCUT2D eigenvalue weighted by Crippen LogP contribution is 2.35. The van der Waals surface area contributed by atoms with Crippen LogP contribution in [0.1, 0.15) is 28.9 Å². The number of phenolic OH excluding ortho intramolecular Hbond substituents is 1. The molecular weight excluding hydrogens is 391 g/mol. The Morgan fingerprint density at radius 1 is 1.00 bits per heavy atom. The third-order valence-corrected chi connectivity index (χ3v) is 5.31. The summed E-state index contributed by atoms with van der Waals surface area (Å²) in [5.41, 5.74) is 3.00. The number of hydrogen-bond donors (Lipinski definition) is 3. The number of quaternary nitrogens is 1. The van der Waals surface area contributed by atoms with Crippen LogP contribution in [0.15, 0.2) is 72.8 Å². The summed E-state index contributed by atoms with van der Waals surface area (Å²) in [4.78, 5) is 0. The summed E-state index contributed by atoms with van der Waals surface area (Å²) in [7, 11) is 1.52. The topological polar surface area (TPSA) is 58.1 Å². The maximum Gasteiger partial charge on any atom is 0.189 e. The van der Waals surface area contributed by atoms with Crippen molar-refractivity contribution in [1.82, 2.24) is 5.32 Å². The number of halogens is 2. The van der Waals surface area contributed by atoms with Crippen LogP contribution in [0.25, 0.3) is 5.70 Å². The van der Waals surface area contributed by atoms with Gasteiger partial charge in [-0.3, -0.25) is 0 Å². The Balaban J connectivity index is 1.79. The van der Waals surface area contributed by atoms with Gasteiger partial charge in [-0.05, 0) is 42.0 Å². The highest BCUT2D eigenvalue weighted by atomic mass is 35.5. The van der Waals surface area contributed by atoms with Crippen molar-refractivity contribution in [3.8, 4) is 11.5 Å². The van der Waals surface area contributed by atoms with E-state index in [9.17, 15) is 9.50 Å². The molecule has 0 saturated carbocycles. The van der Waals surface area contributed by atoms with Crippen LogP contribution >= 0.6 is 11.6 Å². The van der Waals surface area contributed by atoms with Crippen LogP contribution in [-0.4, -0.2) is 12.2 Å². The molecule has 0 bridgehead atoms. The van der Waals surface area contributed by atoms with Gasteiger partial charge in [0.25, 0.3) is 0 Å². The maximum atomic E-state index is 14.5. The van der Waals surface area contributed by atoms with Crippen molar-refractivity contribution in [2.45, 2.75) is 12.2 Å². The fourth-order valence-corrected chi connectivity index (χ4v) is 3.72. The molecule has 1 heterocycles. The predicted molar refractivity (Wildman–Crippen MR) is 111 cm³/mol. The number of rotatable bonds is 4. The number of nitrogens with two attached hydrogens (primary N) is 1. The minimum Gasteiger partial charge on any atom is -0.504 e. The van der Waals surface area contributed by atoms with E-state index in [0.29, 0.717) is 21.9 Å². The molecule has 2 unspecified atom stereocenters. The van der Waals surface area contributed by atoms with Crippen LogP contribution in [0, 0.1) is 5.82 Å². The number of benzene rings is 3. The van der Waals surface area contributed by atoms with Crippen molar-refractivity contribution in [2.24, 2.45) is 0 Å². The molecule has 1 aliphatic rings. The summed E-state index contributed by atoms with van der Waals surface area (Å²) in [6, 6.07) is 19.3. The number of para-hydroxylation sites is 1.